The monoisotopic (exact) mass is 358 g/mol. The molecule has 132 valence electrons. The van der Waals surface area contributed by atoms with Gasteiger partial charge in [0.25, 0.3) is 0 Å². The summed E-state index contributed by atoms with van der Waals surface area (Å²) in [5.41, 5.74) is 2.99. The SMILES string of the molecule is CS(=O)(=O)c1ccc(-c2ccc3c(c2)C[C@H](C2CCNCC2)O3)nc1. The maximum atomic E-state index is 11.6. The van der Waals surface area contributed by atoms with Crippen molar-refractivity contribution in [3.63, 3.8) is 0 Å². The number of piperidine rings is 1. The van der Waals surface area contributed by atoms with E-state index < -0.39 is 9.84 Å². The van der Waals surface area contributed by atoms with Crippen molar-refractivity contribution < 1.29 is 13.2 Å². The fourth-order valence-corrected chi connectivity index (χ4v) is 4.24. The van der Waals surface area contributed by atoms with Crippen LogP contribution < -0.4 is 10.1 Å². The van der Waals surface area contributed by atoms with Crippen molar-refractivity contribution in [2.24, 2.45) is 5.92 Å². The Morgan fingerprint density at radius 3 is 2.64 bits per heavy atom. The summed E-state index contributed by atoms with van der Waals surface area (Å²) in [6, 6.07) is 9.50. The van der Waals surface area contributed by atoms with Gasteiger partial charge in [0.15, 0.2) is 9.84 Å². The maximum absolute atomic E-state index is 11.6. The van der Waals surface area contributed by atoms with Crippen LogP contribution >= 0.6 is 0 Å². The number of aromatic nitrogens is 1. The van der Waals surface area contributed by atoms with Gasteiger partial charge in [-0.2, -0.15) is 0 Å². The van der Waals surface area contributed by atoms with Crippen LogP contribution in [0.1, 0.15) is 18.4 Å². The molecular formula is C19H22N2O3S. The first-order valence-electron chi connectivity index (χ1n) is 8.67. The largest absolute Gasteiger partial charge is 0.490 e. The summed E-state index contributed by atoms with van der Waals surface area (Å²) in [6.45, 7) is 2.14. The maximum Gasteiger partial charge on any atom is 0.177 e. The summed E-state index contributed by atoms with van der Waals surface area (Å²) in [7, 11) is -3.22. The van der Waals surface area contributed by atoms with Crippen molar-refractivity contribution in [1.82, 2.24) is 10.3 Å². The molecule has 3 heterocycles. The van der Waals surface area contributed by atoms with E-state index >= 15 is 0 Å². The number of pyridine rings is 1. The third-order valence-electron chi connectivity index (χ3n) is 5.13. The molecule has 1 atom stereocenters. The van der Waals surface area contributed by atoms with Crippen LogP contribution in [0.4, 0.5) is 0 Å². The van der Waals surface area contributed by atoms with Gasteiger partial charge in [0, 0.05) is 24.4 Å². The molecule has 2 aliphatic rings. The Balaban J connectivity index is 1.55. The average Bonchev–Trinajstić information content (AvgIpc) is 3.05. The van der Waals surface area contributed by atoms with Gasteiger partial charge in [-0.15, -0.1) is 0 Å². The third kappa shape index (κ3) is 3.41. The summed E-state index contributed by atoms with van der Waals surface area (Å²) in [4.78, 5) is 4.56. The number of benzene rings is 1. The van der Waals surface area contributed by atoms with E-state index in [1.165, 1.54) is 30.9 Å². The van der Waals surface area contributed by atoms with Crippen molar-refractivity contribution in [3.05, 3.63) is 42.1 Å². The molecule has 1 aromatic heterocycles. The van der Waals surface area contributed by atoms with Gasteiger partial charge in [-0.3, -0.25) is 4.98 Å². The predicted molar refractivity (Wildman–Crippen MR) is 96.5 cm³/mol. The number of sulfone groups is 1. The zero-order chi connectivity index (χ0) is 17.4. The molecule has 2 aliphatic heterocycles. The van der Waals surface area contributed by atoms with E-state index in [1.54, 1.807) is 12.1 Å². The quantitative estimate of drug-likeness (QED) is 0.913. The van der Waals surface area contributed by atoms with Crippen LogP contribution in [-0.4, -0.2) is 38.9 Å². The average molecular weight is 358 g/mol. The van der Waals surface area contributed by atoms with Crippen LogP contribution in [0.15, 0.2) is 41.4 Å². The Hall–Kier alpha value is -1.92. The zero-order valence-corrected chi connectivity index (χ0v) is 15.1. The van der Waals surface area contributed by atoms with E-state index in [0.717, 1.165) is 36.5 Å². The van der Waals surface area contributed by atoms with E-state index in [-0.39, 0.29) is 11.0 Å². The van der Waals surface area contributed by atoms with Gasteiger partial charge >= 0.3 is 0 Å². The second-order valence-corrected chi connectivity index (χ2v) is 8.94. The molecule has 0 saturated carbocycles. The molecule has 6 heteroatoms. The van der Waals surface area contributed by atoms with Crippen LogP contribution in [0.3, 0.4) is 0 Å². The molecule has 1 aromatic carbocycles. The van der Waals surface area contributed by atoms with E-state index in [9.17, 15) is 8.42 Å². The Morgan fingerprint density at radius 2 is 1.96 bits per heavy atom. The van der Waals surface area contributed by atoms with E-state index in [4.69, 9.17) is 4.74 Å². The Morgan fingerprint density at radius 1 is 1.16 bits per heavy atom. The van der Waals surface area contributed by atoms with Gasteiger partial charge in [-0.05, 0) is 67.7 Å². The molecular weight excluding hydrogens is 336 g/mol. The third-order valence-corrected chi connectivity index (χ3v) is 6.23. The highest BCUT2D eigenvalue weighted by atomic mass is 32.2. The number of ether oxygens (including phenoxy) is 1. The van der Waals surface area contributed by atoms with Gasteiger partial charge < -0.3 is 10.1 Å². The van der Waals surface area contributed by atoms with Crippen molar-refractivity contribution in [2.45, 2.75) is 30.3 Å². The van der Waals surface area contributed by atoms with Crippen molar-refractivity contribution >= 4 is 9.84 Å². The predicted octanol–water partition coefficient (Wildman–Crippen LogP) is 2.46. The molecule has 1 fully saturated rings. The van der Waals surface area contributed by atoms with Crippen LogP contribution in [0.5, 0.6) is 5.75 Å². The van der Waals surface area contributed by atoms with Gasteiger partial charge in [-0.1, -0.05) is 0 Å². The van der Waals surface area contributed by atoms with Gasteiger partial charge in [0.05, 0.1) is 10.6 Å². The fraction of sp³-hybridized carbons (Fsp3) is 0.421. The molecule has 0 spiro atoms. The first-order chi connectivity index (χ1) is 12.0. The number of nitrogens with zero attached hydrogens (tertiary/aromatic N) is 1. The summed E-state index contributed by atoms with van der Waals surface area (Å²) in [6.07, 6.45) is 6.16. The van der Waals surface area contributed by atoms with Crippen LogP contribution in [0.25, 0.3) is 11.3 Å². The van der Waals surface area contributed by atoms with Crippen molar-refractivity contribution in [1.29, 1.82) is 0 Å². The number of hydrogen-bond acceptors (Lipinski definition) is 5. The molecule has 0 radical (unpaired) electrons. The highest BCUT2D eigenvalue weighted by molar-refractivity contribution is 7.90. The molecule has 5 nitrogen and oxygen atoms in total. The summed E-state index contributed by atoms with van der Waals surface area (Å²) in [5, 5.41) is 3.40. The molecule has 4 rings (SSSR count). The lowest BCUT2D eigenvalue weighted by Gasteiger charge is -2.27. The van der Waals surface area contributed by atoms with E-state index in [2.05, 4.69) is 16.4 Å². The lowest BCUT2D eigenvalue weighted by atomic mass is 9.89. The normalized spacial score (nSPS) is 20.9. The molecule has 25 heavy (non-hydrogen) atoms. The Labute approximate surface area is 148 Å². The summed E-state index contributed by atoms with van der Waals surface area (Å²) < 4.78 is 29.3. The summed E-state index contributed by atoms with van der Waals surface area (Å²) >= 11 is 0. The number of nitrogens with one attached hydrogen (secondary N) is 1. The molecule has 1 saturated heterocycles. The van der Waals surface area contributed by atoms with Crippen molar-refractivity contribution in [3.8, 4) is 17.0 Å². The Kier molecular flexibility index (Phi) is 4.25. The smallest absolute Gasteiger partial charge is 0.177 e. The highest BCUT2D eigenvalue weighted by Gasteiger charge is 2.31. The van der Waals surface area contributed by atoms with Gasteiger partial charge in [0.2, 0.25) is 0 Å². The van der Waals surface area contributed by atoms with E-state index in [0.29, 0.717) is 5.92 Å². The molecule has 2 aromatic rings. The van der Waals surface area contributed by atoms with Gasteiger partial charge in [-0.25, -0.2) is 8.42 Å². The van der Waals surface area contributed by atoms with Gasteiger partial charge in [0.1, 0.15) is 11.9 Å². The second kappa shape index (κ2) is 6.42. The number of fused-ring (bicyclic) bond motifs is 1. The molecule has 1 N–H and O–H groups in total. The van der Waals surface area contributed by atoms with E-state index in [1.807, 2.05) is 12.1 Å². The number of hydrogen-bond donors (Lipinski definition) is 1. The first kappa shape index (κ1) is 16.5. The lowest BCUT2D eigenvalue weighted by Crippen LogP contribution is -2.36. The topological polar surface area (TPSA) is 68.3 Å². The molecule has 0 unspecified atom stereocenters. The minimum atomic E-state index is -3.22. The molecule has 0 bridgehead atoms. The standard InChI is InChI=1S/C19H22N2O3S/c1-25(22,23)16-3-4-17(21-12-16)14-2-5-18-15(10-14)11-19(24-18)13-6-8-20-9-7-13/h2-5,10,12-13,19-20H,6-9,11H2,1H3/t19-/m1/s1. The van der Waals surface area contributed by atoms with Crippen molar-refractivity contribution in [2.75, 3.05) is 19.3 Å². The minimum Gasteiger partial charge on any atom is -0.490 e. The molecule has 0 amide bonds. The van der Waals surface area contributed by atoms with Crippen LogP contribution in [-0.2, 0) is 16.3 Å². The highest BCUT2D eigenvalue weighted by Crippen LogP contribution is 2.36. The first-order valence-corrected chi connectivity index (χ1v) is 10.6. The lowest BCUT2D eigenvalue weighted by molar-refractivity contribution is 0.134. The Bertz CT molecular complexity index is 872. The van der Waals surface area contributed by atoms with Crippen LogP contribution in [0.2, 0.25) is 0 Å². The van der Waals surface area contributed by atoms with Crippen LogP contribution in [0, 0.1) is 5.92 Å². The summed E-state index contributed by atoms with van der Waals surface area (Å²) in [5.74, 6) is 1.59. The minimum absolute atomic E-state index is 0.242. The fourth-order valence-electron chi connectivity index (χ4n) is 3.68. The second-order valence-electron chi connectivity index (χ2n) is 6.92. The number of rotatable bonds is 3. The zero-order valence-electron chi connectivity index (χ0n) is 14.2. The molecule has 0 aliphatic carbocycles.